The Balaban J connectivity index is 1.91. The summed E-state index contributed by atoms with van der Waals surface area (Å²) in [5, 5.41) is 9.89. The first-order chi connectivity index (χ1) is 12.1. The average Bonchev–Trinajstić information content (AvgIpc) is 2.62. The Bertz CT molecular complexity index is 900. The highest BCUT2D eigenvalue weighted by atomic mass is 19.1. The maximum Gasteiger partial charge on any atom is 0.160 e. The average molecular weight is 340 g/mol. The minimum atomic E-state index is -0.372. The molecule has 0 aliphatic rings. The van der Waals surface area contributed by atoms with Crippen LogP contribution in [0.25, 0.3) is 11.3 Å². The van der Waals surface area contributed by atoms with Crippen molar-refractivity contribution in [2.24, 2.45) is 0 Å². The molecule has 5 nitrogen and oxygen atoms in total. The Morgan fingerprint density at radius 3 is 2.48 bits per heavy atom. The number of phenolic OH excluding ortho intramolecular Hbond substituents is 1. The standard InChI is InChI=1S/C19H17FN2O3/c1-24-18-6-3-12(8-17(18)23)7-14-10-16(22-11-21-14)15-5-4-13(20)9-19(15)25-2/h3-6,8-11,23H,7H2,1-2H3. The van der Waals surface area contributed by atoms with Gasteiger partial charge in [-0.25, -0.2) is 14.4 Å². The number of nitrogens with zero attached hydrogens (tertiary/aromatic N) is 2. The second-order valence-corrected chi connectivity index (χ2v) is 5.42. The second-order valence-electron chi connectivity index (χ2n) is 5.42. The molecular weight excluding hydrogens is 323 g/mol. The molecule has 128 valence electrons. The third kappa shape index (κ3) is 3.68. The molecule has 0 aliphatic carbocycles. The van der Waals surface area contributed by atoms with E-state index in [2.05, 4.69) is 9.97 Å². The summed E-state index contributed by atoms with van der Waals surface area (Å²) in [6.07, 6.45) is 1.97. The van der Waals surface area contributed by atoms with Crippen molar-refractivity contribution in [2.45, 2.75) is 6.42 Å². The molecule has 0 bridgehead atoms. The van der Waals surface area contributed by atoms with Gasteiger partial charge >= 0.3 is 0 Å². The fourth-order valence-electron chi connectivity index (χ4n) is 2.57. The highest BCUT2D eigenvalue weighted by Gasteiger charge is 2.10. The minimum Gasteiger partial charge on any atom is -0.504 e. The van der Waals surface area contributed by atoms with Crippen LogP contribution >= 0.6 is 0 Å². The number of ether oxygens (including phenoxy) is 2. The number of phenols is 1. The summed E-state index contributed by atoms with van der Waals surface area (Å²) in [5.41, 5.74) is 2.97. The molecule has 2 aromatic carbocycles. The zero-order valence-electron chi connectivity index (χ0n) is 13.9. The Morgan fingerprint density at radius 2 is 1.76 bits per heavy atom. The Kier molecular flexibility index (Phi) is 4.79. The van der Waals surface area contributed by atoms with E-state index in [0.717, 1.165) is 11.3 Å². The molecule has 1 heterocycles. The number of aromatic hydroxyl groups is 1. The van der Waals surface area contributed by atoms with Crippen molar-refractivity contribution in [3.8, 4) is 28.5 Å². The lowest BCUT2D eigenvalue weighted by Gasteiger charge is -2.09. The summed E-state index contributed by atoms with van der Waals surface area (Å²) in [5.74, 6) is 0.535. The molecule has 0 spiro atoms. The third-order valence-electron chi connectivity index (χ3n) is 3.79. The van der Waals surface area contributed by atoms with Crippen molar-refractivity contribution in [1.82, 2.24) is 9.97 Å². The molecule has 3 rings (SSSR count). The van der Waals surface area contributed by atoms with Gasteiger partial charge in [-0.1, -0.05) is 6.07 Å². The topological polar surface area (TPSA) is 64.5 Å². The Hall–Kier alpha value is -3.15. The first kappa shape index (κ1) is 16.7. The van der Waals surface area contributed by atoms with E-state index in [-0.39, 0.29) is 11.6 Å². The van der Waals surface area contributed by atoms with Crippen LogP contribution in [0.3, 0.4) is 0 Å². The molecule has 25 heavy (non-hydrogen) atoms. The lowest BCUT2D eigenvalue weighted by atomic mass is 10.1. The highest BCUT2D eigenvalue weighted by molar-refractivity contribution is 5.67. The number of hydrogen-bond donors (Lipinski definition) is 1. The summed E-state index contributed by atoms with van der Waals surface area (Å²) in [4.78, 5) is 8.52. The molecular formula is C19H17FN2O3. The van der Waals surface area contributed by atoms with Gasteiger partial charge in [0.1, 0.15) is 17.9 Å². The van der Waals surface area contributed by atoms with Crippen LogP contribution in [0.1, 0.15) is 11.3 Å². The van der Waals surface area contributed by atoms with Crippen molar-refractivity contribution in [2.75, 3.05) is 14.2 Å². The zero-order chi connectivity index (χ0) is 17.8. The summed E-state index contributed by atoms with van der Waals surface area (Å²) >= 11 is 0. The van der Waals surface area contributed by atoms with Crippen LogP contribution in [-0.4, -0.2) is 29.3 Å². The van der Waals surface area contributed by atoms with E-state index in [1.807, 2.05) is 12.1 Å². The van der Waals surface area contributed by atoms with Crippen molar-refractivity contribution >= 4 is 0 Å². The predicted octanol–water partition coefficient (Wildman–Crippen LogP) is 3.60. The normalized spacial score (nSPS) is 10.5. The fourth-order valence-corrected chi connectivity index (χ4v) is 2.57. The van der Waals surface area contributed by atoms with E-state index >= 15 is 0 Å². The predicted molar refractivity (Wildman–Crippen MR) is 91.4 cm³/mol. The first-order valence-corrected chi connectivity index (χ1v) is 7.61. The van der Waals surface area contributed by atoms with Gasteiger partial charge in [-0.2, -0.15) is 0 Å². The molecule has 1 aromatic heterocycles. The van der Waals surface area contributed by atoms with Gasteiger partial charge in [0.25, 0.3) is 0 Å². The smallest absolute Gasteiger partial charge is 0.160 e. The molecule has 1 N–H and O–H groups in total. The Morgan fingerprint density at radius 1 is 0.960 bits per heavy atom. The van der Waals surface area contributed by atoms with Crippen molar-refractivity contribution in [3.63, 3.8) is 0 Å². The van der Waals surface area contributed by atoms with Gasteiger partial charge in [0.15, 0.2) is 11.5 Å². The molecule has 6 heteroatoms. The van der Waals surface area contributed by atoms with Gasteiger partial charge in [0, 0.05) is 23.7 Å². The van der Waals surface area contributed by atoms with Crippen LogP contribution in [-0.2, 0) is 6.42 Å². The number of hydrogen-bond acceptors (Lipinski definition) is 5. The summed E-state index contributed by atoms with van der Waals surface area (Å²) in [6, 6.07) is 11.3. The number of halogens is 1. The van der Waals surface area contributed by atoms with Gasteiger partial charge in [-0.15, -0.1) is 0 Å². The van der Waals surface area contributed by atoms with Gasteiger partial charge in [-0.05, 0) is 35.9 Å². The van der Waals surface area contributed by atoms with Crippen molar-refractivity contribution < 1.29 is 19.0 Å². The van der Waals surface area contributed by atoms with Crippen LogP contribution in [0.15, 0.2) is 48.8 Å². The van der Waals surface area contributed by atoms with Gasteiger partial charge < -0.3 is 14.6 Å². The van der Waals surface area contributed by atoms with E-state index in [9.17, 15) is 9.50 Å². The van der Waals surface area contributed by atoms with Gasteiger partial charge in [0.05, 0.1) is 19.9 Å². The number of rotatable bonds is 5. The van der Waals surface area contributed by atoms with E-state index < -0.39 is 0 Å². The van der Waals surface area contributed by atoms with Crippen LogP contribution in [0.2, 0.25) is 0 Å². The lowest BCUT2D eigenvalue weighted by Crippen LogP contribution is -1.97. The Labute approximate surface area is 144 Å². The van der Waals surface area contributed by atoms with Crippen LogP contribution < -0.4 is 9.47 Å². The maximum absolute atomic E-state index is 13.4. The SMILES string of the molecule is COc1ccc(Cc2cc(-c3ccc(F)cc3OC)ncn2)cc1O. The quantitative estimate of drug-likeness (QED) is 0.769. The van der Waals surface area contributed by atoms with E-state index in [1.165, 1.54) is 32.7 Å². The number of methoxy groups -OCH3 is 2. The van der Waals surface area contributed by atoms with Crippen molar-refractivity contribution in [3.05, 3.63) is 65.9 Å². The van der Waals surface area contributed by atoms with Crippen LogP contribution in [0, 0.1) is 5.82 Å². The molecule has 3 aromatic rings. The van der Waals surface area contributed by atoms with Crippen LogP contribution in [0.4, 0.5) is 4.39 Å². The molecule has 0 fully saturated rings. The second kappa shape index (κ2) is 7.17. The summed E-state index contributed by atoms with van der Waals surface area (Å²) in [7, 11) is 2.99. The first-order valence-electron chi connectivity index (χ1n) is 7.61. The summed E-state index contributed by atoms with van der Waals surface area (Å²) in [6.45, 7) is 0. The maximum atomic E-state index is 13.4. The molecule has 0 aliphatic heterocycles. The van der Waals surface area contributed by atoms with E-state index in [1.54, 1.807) is 18.2 Å². The molecule has 0 saturated carbocycles. The molecule has 0 radical (unpaired) electrons. The zero-order valence-corrected chi connectivity index (χ0v) is 13.9. The number of benzene rings is 2. The lowest BCUT2D eigenvalue weighted by molar-refractivity contribution is 0.373. The van der Waals surface area contributed by atoms with E-state index in [4.69, 9.17) is 9.47 Å². The monoisotopic (exact) mass is 340 g/mol. The molecule has 0 atom stereocenters. The third-order valence-corrected chi connectivity index (χ3v) is 3.79. The van der Waals surface area contributed by atoms with Crippen LogP contribution in [0.5, 0.6) is 17.2 Å². The molecule has 0 amide bonds. The summed E-state index contributed by atoms with van der Waals surface area (Å²) < 4.78 is 23.6. The van der Waals surface area contributed by atoms with Gasteiger partial charge in [0.2, 0.25) is 0 Å². The van der Waals surface area contributed by atoms with Gasteiger partial charge in [-0.3, -0.25) is 0 Å². The highest BCUT2D eigenvalue weighted by Crippen LogP contribution is 2.30. The number of aromatic nitrogens is 2. The molecule has 0 saturated heterocycles. The minimum absolute atomic E-state index is 0.0782. The largest absolute Gasteiger partial charge is 0.504 e. The van der Waals surface area contributed by atoms with Crippen molar-refractivity contribution in [1.29, 1.82) is 0 Å². The molecule has 0 unspecified atom stereocenters. The fraction of sp³-hybridized carbons (Fsp3) is 0.158. The van der Waals surface area contributed by atoms with E-state index in [0.29, 0.717) is 29.2 Å².